The van der Waals surface area contributed by atoms with E-state index in [1.807, 2.05) is 0 Å². The quantitative estimate of drug-likeness (QED) is 0.564. The van der Waals surface area contributed by atoms with Gasteiger partial charge in [-0.3, -0.25) is 4.90 Å². The van der Waals surface area contributed by atoms with Crippen LogP contribution in [0.2, 0.25) is 0 Å². The summed E-state index contributed by atoms with van der Waals surface area (Å²) in [6.07, 6.45) is 0. The molecule has 2 heterocycles. The van der Waals surface area contributed by atoms with E-state index >= 15 is 0 Å². The zero-order valence-electron chi connectivity index (χ0n) is 6.99. The number of likely N-dealkylation sites (tertiary alicyclic amines) is 1. The summed E-state index contributed by atoms with van der Waals surface area (Å²) < 4.78 is 5.14. The molecule has 0 aliphatic carbocycles. The fourth-order valence-electron chi connectivity index (χ4n) is 1.76. The van der Waals surface area contributed by atoms with E-state index in [1.165, 1.54) is 0 Å². The van der Waals surface area contributed by atoms with Gasteiger partial charge in [-0.25, -0.2) is 0 Å². The van der Waals surface area contributed by atoms with Gasteiger partial charge in [-0.15, -0.1) is 0 Å². The van der Waals surface area contributed by atoms with Gasteiger partial charge in [0.15, 0.2) is 0 Å². The van der Waals surface area contributed by atoms with Crippen LogP contribution in [0.4, 0.5) is 0 Å². The van der Waals surface area contributed by atoms with Crippen LogP contribution in [-0.2, 0) is 4.74 Å². The first-order valence-electron chi connectivity index (χ1n) is 4.35. The van der Waals surface area contributed by atoms with Gasteiger partial charge in [0.1, 0.15) is 0 Å². The number of nitrogens with two attached hydrogens (primary N) is 1. The van der Waals surface area contributed by atoms with E-state index in [0.717, 1.165) is 26.3 Å². The molecule has 0 radical (unpaired) electrons. The molecule has 0 spiro atoms. The Kier molecular flexibility index (Phi) is 1.87. The zero-order valence-corrected chi connectivity index (χ0v) is 6.99. The van der Waals surface area contributed by atoms with Crippen molar-refractivity contribution in [3.8, 4) is 0 Å². The van der Waals surface area contributed by atoms with E-state index in [9.17, 15) is 0 Å². The maximum Gasteiger partial charge on any atom is 0.0645 e. The first kappa shape index (κ1) is 7.53. The van der Waals surface area contributed by atoms with Gasteiger partial charge < -0.3 is 10.5 Å². The van der Waals surface area contributed by atoms with Crippen molar-refractivity contribution in [2.24, 2.45) is 11.7 Å². The van der Waals surface area contributed by atoms with Gasteiger partial charge in [0.2, 0.25) is 0 Å². The predicted molar refractivity (Wildman–Crippen MR) is 43.3 cm³/mol. The Bertz CT molecular complexity index is 137. The standard InChI is InChI=1S/C8H16N2O/c1-6-2-10(3-8(6)9)7-4-11-5-7/h6-8H,2-5,9H2,1H3. The molecule has 2 atom stereocenters. The van der Waals surface area contributed by atoms with E-state index < -0.39 is 0 Å². The van der Waals surface area contributed by atoms with Gasteiger partial charge in [-0.1, -0.05) is 6.92 Å². The molecule has 2 aliphatic rings. The molecule has 3 heteroatoms. The molecule has 2 rings (SSSR count). The first-order valence-corrected chi connectivity index (χ1v) is 4.35. The Labute approximate surface area is 67.5 Å². The van der Waals surface area contributed by atoms with Crippen LogP contribution >= 0.6 is 0 Å². The fourth-order valence-corrected chi connectivity index (χ4v) is 1.76. The molecule has 2 aliphatic heterocycles. The monoisotopic (exact) mass is 156 g/mol. The van der Waals surface area contributed by atoms with E-state index in [2.05, 4.69) is 11.8 Å². The van der Waals surface area contributed by atoms with Crippen LogP contribution in [0.15, 0.2) is 0 Å². The van der Waals surface area contributed by atoms with Gasteiger partial charge in [-0.2, -0.15) is 0 Å². The molecule has 2 fully saturated rings. The second-order valence-electron chi connectivity index (χ2n) is 3.79. The summed E-state index contributed by atoms with van der Waals surface area (Å²) in [6, 6.07) is 1.06. The Morgan fingerprint density at radius 1 is 1.36 bits per heavy atom. The van der Waals surface area contributed by atoms with E-state index in [1.54, 1.807) is 0 Å². The summed E-state index contributed by atoms with van der Waals surface area (Å²) in [5.41, 5.74) is 5.90. The minimum absolute atomic E-state index is 0.385. The largest absolute Gasteiger partial charge is 0.378 e. The third-order valence-electron chi connectivity index (χ3n) is 2.84. The fraction of sp³-hybridized carbons (Fsp3) is 1.00. The van der Waals surface area contributed by atoms with Crippen LogP contribution in [0, 0.1) is 5.92 Å². The molecular weight excluding hydrogens is 140 g/mol. The SMILES string of the molecule is CC1CN(C2COC2)CC1N. The Morgan fingerprint density at radius 3 is 2.45 bits per heavy atom. The second kappa shape index (κ2) is 2.73. The molecule has 0 bridgehead atoms. The molecule has 64 valence electrons. The topological polar surface area (TPSA) is 38.5 Å². The molecule has 3 nitrogen and oxygen atoms in total. The zero-order chi connectivity index (χ0) is 7.84. The van der Waals surface area contributed by atoms with Gasteiger partial charge in [0, 0.05) is 19.1 Å². The maximum atomic E-state index is 5.90. The van der Waals surface area contributed by atoms with Crippen LogP contribution < -0.4 is 5.73 Å². The summed E-state index contributed by atoms with van der Waals surface area (Å²) in [6.45, 7) is 6.29. The van der Waals surface area contributed by atoms with Crippen LogP contribution in [-0.4, -0.2) is 43.3 Å². The summed E-state index contributed by atoms with van der Waals surface area (Å²) in [5.74, 6) is 0.663. The van der Waals surface area contributed by atoms with Gasteiger partial charge >= 0.3 is 0 Å². The highest BCUT2D eigenvalue weighted by molar-refractivity contribution is 4.89. The Morgan fingerprint density at radius 2 is 2.09 bits per heavy atom. The highest BCUT2D eigenvalue weighted by Crippen LogP contribution is 2.20. The lowest BCUT2D eigenvalue weighted by Gasteiger charge is -2.34. The molecule has 0 aromatic carbocycles. The average Bonchev–Trinajstić information content (AvgIpc) is 2.08. The minimum atomic E-state index is 0.385. The lowest BCUT2D eigenvalue weighted by atomic mass is 10.1. The minimum Gasteiger partial charge on any atom is -0.378 e. The average molecular weight is 156 g/mol. The van der Waals surface area contributed by atoms with Crippen molar-refractivity contribution in [1.29, 1.82) is 0 Å². The van der Waals surface area contributed by atoms with Crippen molar-refractivity contribution >= 4 is 0 Å². The highest BCUT2D eigenvalue weighted by Gasteiger charge is 2.34. The number of rotatable bonds is 1. The van der Waals surface area contributed by atoms with Gasteiger partial charge in [0.25, 0.3) is 0 Å². The number of ether oxygens (including phenoxy) is 1. The Hall–Kier alpha value is -0.120. The van der Waals surface area contributed by atoms with Crippen LogP contribution in [0.25, 0.3) is 0 Å². The lowest BCUT2D eigenvalue weighted by Crippen LogP contribution is -2.48. The molecule has 0 aromatic rings. The molecule has 0 amide bonds. The summed E-state index contributed by atoms with van der Waals surface area (Å²) in [4.78, 5) is 2.46. The summed E-state index contributed by atoms with van der Waals surface area (Å²) >= 11 is 0. The summed E-state index contributed by atoms with van der Waals surface area (Å²) in [5, 5.41) is 0. The third-order valence-corrected chi connectivity index (χ3v) is 2.84. The molecule has 0 saturated carbocycles. The molecular formula is C8H16N2O. The second-order valence-corrected chi connectivity index (χ2v) is 3.79. The maximum absolute atomic E-state index is 5.90. The smallest absolute Gasteiger partial charge is 0.0645 e. The molecule has 2 saturated heterocycles. The Balaban J connectivity index is 1.87. The van der Waals surface area contributed by atoms with Crippen molar-refractivity contribution in [2.45, 2.75) is 19.0 Å². The molecule has 2 unspecified atom stereocenters. The van der Waals surface area contributed by atoms with E-state index in [4.69, 9.17) is 10.5 Å². The molecule has 2 N–H and O–H groups in total. The van der Waals surface area contributed by atoms with Crippen molar-refractivity contribution in [3.05, 3.63) is 0 Å². The number of hydrogen-bond acceptors (Lipinski definition) is 3. The number of hydrogen-bond donors (Lipinski definition) is 1. The van der Waals surface area contributed by atoms with Crippen LogP contribution in [0.1, 0.15) is 6.92 Å². The van der Waals surface area contributed by atoms with Crippen LogP contribution in [0.5, 0.6) is 0 Å². The third kappa shape index (κ3) is 1.28. The normalized spacial score (nSPS) is 40.9. The van der Waals surface area contributed by atoms with Crippen molar-refractivity contribution in [2.75, 3.05) is 26.3 Å². The molecule has 11 heavy (non-hydrogen) atoms. The van der Waals surface area contributed by atoms with Crippen LogP contribution in [0.3, 0.4) is 0 Å². The van der Waals surface area contributed by atoms with Gasteiger partial charge in [0.05, 0.1) is 19.3 Å². The number of nitrogens with zero attached hydrogens (tertiary/aromatic N) is 1. The first-order chi connectivity index (χ1) is 5.27. The lowest BCUT2D eigenvalue weighted by molar-refractivity contribution is -0.0581. The molecule has 0 aromatic heterocycles. The van der Waals surface area contributed by atoms with Gasteiger partial charge in [-0.05, 0) is 5.92 Å². The predicted octanol–water partition coefficient (Wildman–Crippen LogP) is -0.336. The van der Waals surface area contributed by atoms with Crippen molar-refractivity contribution in [3.63, 3.8) is 0 Å². The van der Waals surface area contributed by atoms with E-state index in [0.29, 0.717) is 18.0 Å². The summed E-state index contributed by atoms with van der Waals surface area (Å²) in [7, 11) is 0. The van der Waals surface area contributed by atoms with E-state index in [-0.39, 0.29) is 0 Å². The van der Waals surface area contributed by atoms with Crippen molar-refractivity contribution < 1.29 is 4.74 Å². The van der Waals surface area contributed by atoms with Crippen molar-refractivity contribution in [1.82, 2.24) is 4.90 Å². The highest BCUT2D eigenvalue weighted by atomic mass is 16.5.